The molecule has 0 unspecified atom stereocenters. The molecular formula is C67H77ClN12O15. The number of likely N-dealkylation sites (N-methyl/N-ethyl adjacent to an activating group) is 1. The number of imide groups is 1. The second-order valence-corrected chi connectivity index (χ2v) is 24.0. The number of nitrogens with one attached hydrogen (secondary N) is 5. The number of hydrogen-bond donors (Lipinski definition) is 8. The topological polar surface area (TPSA) is 377 Å². The van der Waals surface area contributed by atoms with Gasteiger partial charge < -0.3 is 71.7 Å². The molecule has 0 radical (unpaired) electrons. The van der Waals surface area contributed by atoms with E-state index in [0.717, 1.165) is 39.1 Å². The predicted octanol–water partition coefficient (Wildman–Crippen LogP) is 7.86. The van der Waals surface area contributed by atoms with Gasteiger partial charge >= 0.3 is 30.3 Å². The van der Waals surface area contributed by atoms with E-state index in [9.17, 15) is 57.8 Å². The number of carbonyl (C=O) groups excluding carboxylic acids is 10. The molecule has 28 heteroatoms. The molecule has 2 aromatic heterocycles. The van der Waals surface area contributed by atoms with E-state index in [1.807, 2.05) is 44.2 Å². The number of unbranched alkanes of at least 4 members (excludes halogenated alkanes) is 1. The summed E-state index contributed by atoms with van der Waals surface area (Å²) >= 11 is 6.67. The largest absolute Gasteiger partial charge is 0.480 e. The number of carboxylic acid groups (broad SMARTS) is 1. The Morgan fingerprint density at radius 2 is 1.57 bits per heavy atom. The molecule has 2 aliphatic rings. The number of amides is 10. The second-order valence-electron chi connectivity index (χ2n) is 23.7. The van der Waals surface area contributed by atoms with Gasteiger partial charge in [-0.05, 0) is 110 Å². The number of ketones is 1. The normalized spacial score (nSPS) is 14.3. The summed E-state index contributed by atoms with van der Waals surface area (Å²) in [5.41, 5.74) is 16.5. The van der Waals surface area contributed by atoms with Crippen LogP contribution in [0.2, 0.25) is 0 Å². The molecule has 0 fully saturated rings. The average Bonchev–Trinajstić information content (AvgIpc) is 1.64. The number of benzene rings is 4. The Morgan fingerprint density at radius 1 is 0.842 bits per heavy atom. The molecule has 2 aliphatic heterocycles. The zero-order chi connectivity index (χ0) is 68.6. The van der Waals surface area contributed by atoms with Gasteiger partial charge in [0.15, 0.2) is 5.78 Å². The molecule has 0 aliphatic carbocycles. The van der Waals surface area contributed by atoms with E-state index >= 15 is 0 Å². The number of nitrogens with zero attached hydrogens (tertiary/aromatic N) is 5. The quantitative estimate of drug-likeness (QED) is 0.0121. The first-order chi connectivity index (χ1) is 45.4. The standard InChI is InChI=1S/C67H77ClN12O15/c1-38(2)58(76-65(90)93-29-28-79-54(82)22-23-55(79)83)52(81)32-43(11-9-24-71-64(70)89)61(85)73-46-20-16-41(17-21-46)37-94-66(91)77(5)26-27-78(25-7-6-13-49(69)63(87)88)67(92)95-53-33-51-57(56-40(4)10-8-12-48(53)56)45(34-68)36-80(51)62(86)50-31-44-30-47(35-72-59(44)75-50)74-60(84)42-18-14-39(3)15-19-42/h8,10,12,14-23,30-31,33,35,38,43,45,49,58H,6-7,9,11,13,24-29,32,34,36-37,69H2,1-5H3,(H,72,75)(H,73,85)(H,74,84)(H,76,90)(H,87,88)(H3,70,71,89)/t43-,45-,49+,58+/m1/s1. The van der Waals surface area contributed by atoms with Crippen LogP contribution in [-0.4, -0.2) is 166 Å². The van der Waals surface area contributed by atoms with Crippen molar-refractivity contribution in [2.75, 3.05) is 74.3 Å². The van der Waals surface area contributed by atoms with E-state index in [1.165, 1.54) is 23.0 Å². The minimum absolute atomic E-state index is 0.0408. The first kappa shape index (κ1) is 70.5. The molecule has 0 saturated carbocycles. The highest BCUT2D eigenvalue weighted by molar-refractivity contribution is 6.20. The Labute approximate surface area is 552 Å². The number of fused-ring (bicyclic) bond motifs is 4. The number of halogens is 1. The summed E-state index contributed by atoms with van der Waals surface area (Å²) in [4.78, 5) is 156. The van der Waals surface area contributed by atoms with Gasteiger partial charge in [0.2, 0.25) is 5.91 Å². The molecule has 4 heterocycles. The number of alkyl halides is 1. The van der Waals surface area contributed by atoms with Crippen molar-refractivity contribution in [1.29, 1.82) is 0 Å². The maximum absolute atomic E-state index is 14.7. The third-order valence-electron chi connectivity index (χ3n) is 16.3. The number of aromatic nitrogens is 2. The number of urea groups is 1. The third kappa shape index (κ3) is 18.5. The lowest BCUT2D eigenvalue weighted by Gasteiger charge is -2.26. The van der Waals surface area contributed by atoms with Gasteiger partial charge in [0, 0.05) is 104 Å². The smallest absolute Gasteiger partial charge is 0.415 e. The number of Topliss-reactive ketones (excluding diaryl/α,β-unsaturated/α-hetero) is 1. The first-order valence-corrected chi connectivity index (χ1v) is 31.5. The number of aryl methyl sites for hydroxylation is 2. The van der Waals surface area contributed by atoms with Crippen LogP contribution < -0.4 is 42.4 Å². The van der Waals surface area contributed by atoms with Crippen LogP contribution in [0, 0.1) is 25.7 Å². The lowest BCUT2D eigenvalue weighted by Crippen LogP contribution is -2.46. The molecule has 0 bridgehead atoms. The molecule has 0 spiro atoms. The molecule has 10 N–H and O–H groups in total. The van der Waals surface area contributed by atoms with Gasteiger partial charge in [-0.2, -0.15) is 0 Å². The molecule has 502 valence electrons. The molecule has 4 atom stereocenters. The lowest BCUT2D eigenvalue weighted by atomic mass is 9.89. The van der Waals surface area contributed by atoms with Crippen molar-refractivity contribution in [1.82, 2.24) is 35.3 Å². The maximum atomic E-state index is 14.7. The Balaban J connectivity index is 0.906. The Hall–Kier alpha value is -10.4. The maximum Gasteiger partial charge on any atom is 0.415 e. The highest BCUT2D eigenvalue weighted by Crippen LogP contribution is 2.47. The van der Waals surface area contributed by atoms with Crippen molar-refractivity contribution in [2.45, 2.75) is 90.8 Å². The second kappa shape index (κ2) is 32.4. The van der Waals surface area contributed by atoms with Gasteiger partial charge in [-0.1, -0.05) is 61.9 Å². The molecule has 4 aromatic carbocycles. The van der Waals surface area contributed by atoms with Gasteiger partial charge in [0.1, 0.15) is 36.3 Å². The predicted molar refractivity (Wildman–Crippen MR) is 353 cm³/mol. The van der Waals surface area contributed by atoms with Gasteiger partial charge in [-0.25, -0.2) is 24.2 Å². The number of H-pyrrole nitrogens is 1. The Morgan fingerprint density at radius 3 is 2.25 bits per heavy atom. The number of aliphatic carboxylic acids is 1. The molecule has 27 nitrogen and oxygen atoms in total. The number of ether oxygens (including phenoxy) is 3. The van der Waals surface area contributed by atoms with Crippen LogP contribution in [0.1, 0.15) is 101 Å². The van der Waals surface area contributed by atoms with Crippen LogP contribution in [0.25, 0.3) is 21.8 Å². The number of aromatic amines is 1. The molecule has 10 amide bonds. The third-order valence-corrected chi connectivity index (χ3v) is 16.7. The summed E-state index contributed by atoms with van der Waals surface area (Å²) < 4.78 is 17.1. The van der Waals surface area contributed by atoms with E-state index in [-0.39, 0.29) is 107 Å². The van der Waals surface area contributed by atoms with Gasteiger partial charge in [0.25, 0.3) is 23.6 Å². The summed E-state index contributed by atoms with van der Waals surface area (Å²) in [6.07, 6.45) is 2.08. The lowest BCUT2D eigenvalue weighted by molar-refractivity contribution is -0.139. The number of pyridine rings is 1. The van der Waals surface area contributed by atoms with Crippen molar-refractivity contribution in [2.24, 2.45) is 23.3 Å². The van der Waals surface area contributed by atoms with E-state index in [4.69, 9.17) is 37.3 Å². The van der Waals surface area contributed by atoms with Crippen LogP contribution in [0.4, 0.5) is 36.2 Å². The molecule has 0 saturated heterocycles. The highest BCUT2D eigenvalue weighted by Gasteiger charge is 2.37. The number of anilines is 3. The zero-order valence-electron chi connectivity index (χ0n) is 53.2. The summed E-state index contributed by atoms with van der Waals surface area (Å²) in [6.45, 7) is 6.81. The van der Waals surface area contributed by atoms with Crippen LogP contribution in [0.15, 0.2) is 103 Å². The van der Waals surface area contributed by atoms with Crippen molar-refractivity contribution in [3.8, 4) is 5.75 Å². The molecule has 95 heavy (non-hydrogen) atoms. The number of carbonyl (C=O) groups is 11. The van der Waals surface area contributed by atoms with Crippen LogP contribution in [-0.2, 0) is 40.1 Å². The van der Waals surface area contributed by atoms with E-state index in [1.54, 1.807) is 73.3 Å². The van der Waals surface area contributed by atoms with Gasteiger partial charge in [0.05, 0.1) is 30.2 Å². The minimum atomic E-state index is -1.17. The number of carboxylic acids is 1. The fourth-order valence-corrected chi connectivity index (χ4v) is 11.3. The number of rotatable bonds is 30. The van der Waals surface area contributed by atoms with Crippen LogP contribution in [0.3, 0.4) is 0 Å². The molecule has 8 rings (SSSR count). The Kier molecular flexibility index (Phi) is 24.1. The van der Waals surface area contributed by atoms with Crippen molar-refractivity contribution in [3.63, 3.8) is 0 Å². The van der Waals surface area contributed by atoms with E-state index < -0.39 is 83.6 Å². The number of nitrogens with two attached hydrogens (primary N) is 2. The number of alkyl carbamates (subject to hydrolysis) is 1. The average molecular weight is 1330 g/mol. The zero-order valence-corrected chi connectivity index (χ0v) is 54.0. The van der Waals surface area contributed by atoms with Crippen molar-refractivity contribution < 1.29 is 72.1 Å². The summed E-state index contributed by atoms with van der Waals surface area (Å²) in [5.74, 6) is -5.39. The Bertz CT molecular complexity index is 3900. The summed E-state index contributed by atoms with van der Waals surface area (Å²) in [5, 5.41) is 22.0. The van der Waals surface area contributed by atoms with Crippen LogP contribution in [0.5, 0.6) is 5.75 Å². The first-order valence-electron chi connectivity index (χ1n) is 31.0. The van der Waals surface area contributed by atoms with E-state index in [2.05, 4.69) is 31.2 Å². The SMILES string of the molecule is Cc1ccc(C(=O)Nc2cnc3[nH]c(C(=O)N4C[C@@H](CCl)c5c4cc(OC(=O)N(CCCC[C@H](N)C(=O)O)CCN(C)C(=O)OCc4ccc(NC(=O)[C@H](CCCNC(N)=O)CC(=O)[C@@H](NC(=O)OCCN6C(=O)C=CC6=O)C(C)C)cc4)c4cccc(C)c54)cc3c2)cc1. The number of primary amides is 1. The van der Waals surface area contributed by atoms with Crippen LogP contribution >= 0.6 is 11.6 Å². The summed E-state index contributed by atoms with van der Waals surface area (Å²) in [7, 11) is 1.48. The van der Waals surface area contributed by atoms with Gasteiger partial charge in [-0.3, -0.25) is 38.5 Å². The van der Waals surface area contributed by atoms with Crippen molar-refractivity contribution >= 4 is 116 Å². The highest BCUT2D eigenvalue weighted by atomic mass is 35.5. The monoisotopic (exact) mass is 1320 g/mol. The molecular weight excluding hydrogens is 1250 g/mol. The fourth-order valence-electron chi connectivity index (χ4n) is 11.1. The minimum Gasteiger partial charge on any atom is -0.480 e. The van der Waals surface area contributed by atoms with Crippen molar-refractivity contribution in [3.05, 3.63) is 137 Å². The summed E-state index contributed by atoms with van der Waals surface area (Å²) in [6, 6.07) is 21.1. The van der Waals surface area contributed by atoms with E-state index in [0.29, 0.717) is 57.5 Å². The fraction of sp³-hybridized carbons (Fsp3) is 0.373. The van der Waals surface area contributed by atoms with Gasteiger partial charge in [-0.15, -0.1) is 11.6 Å². The molecule has 6 aromatic rings. The number of hydrogen-bond acceptors (Lipinski definition) is 16.